The minimum atomic E-state index is -3.71. The number of hydrogen-bond donors (Lipinski definition) is 2. The molecule has 1 amide bonds. The Kier molecular flexibility index (Phi) is 4.71. The van der Waals surface area contributed by atoms with Gasteiger partial charge in [-0.05, 0) is 11.6 Å². The van der Waals surface area contributed by atoms with Crippen molar-refractivity contribution in [3.8, 4) is 0 Å². The fourth-order valence-corrected chi connectivity index (χ4v) is 3.03. The predicted octanol–water partition coefficient (Wildman–Crippen LogP) is -0.0785. The number of nitrogens with one attached hydrogen (secondary N) is 2. The number of para-hydroxylation sites is 1. The molecule has 2 rings (SSSR count). The molecule has 0 fully saturated rings. The van der Waals surface area contributed by atoms with Crippen LogP contribution in [0.3, 0.4) is 0 Å². The lowest BCUT2D eigenvalue weighted by Crippen LogP contribution is -2.43. The average molecular weight is 299 g/mol. The molecule has 0 radical (unpaired) electrons. The van der Waals surface area contributed by atoms with Crippen molar-refractivity contribution >= 4 is 21.8 Å². The average Bonchev–Trinajstić information content (AvgIpc) is 2.57. The Morgan fingerprint density at radius 2 is 2.10 bits per heavy atom. The molecule has 0 bridgehead atoms. The van der Waals surface area contributed by atoms with E-state index in [1.54, 1.807) is 24.3 Å². The molecular weight excluding hydrogens is 282 g/mol. The van der Waals surface area contributed by atoms with Crippen molar-refractivity contribution < 1.29 is 17.9 Å². The number of hydrogen-bond acceptors (Lipinski definition) is 4. The zero-order valence-electron chi connectivity index (χ0n) is 11.1. The molecule has 1 aromatic rings. The molecule has 0 saturated carbocycles. The summed E-state index contributed by atoms with van der Waals surface area (Å²) >= 11 is 0. The zero-order chi connectivity index (χ0) is 14.6. The molecule has 0 aromatic heterocycles. The van der Waals surface area contributed by atoms with E-state index in [1.807, 2.05) is 0 Å². The zero-order valence-corrected chi connectivity index (χ0v) is 11.9. The smallest absolute Gasteiger partial charge is 0.280 e. The minimum absolute atomic E-state index is 0.150. The van der Waals surface area contributed by atoms with Gasteiger partial charge < -0.3 is 10.1 Å². The predicted molar refractivity (Wildman–Crippen MR) is 74.3 cm³/mol. The Hall–Kier alpha value is -1.48. The first-order valence-corrected chi connectivity index (χ1v) is 7.58. The van der Waals surface area contributed by atoms with E-state index in [2.05, 4.69) is 10.0 Å². The number of carbonyl (C=O) groups is 1. The van der Waals surface area contributed by atoms with Crippen molar-refractivity contribution in [3.63, 3.8) is 0 Å². The Bertz CT molecular complexity index is 588. The van der Waals surface area contributed by atoms with Gasteiger partial charge in [-0.1, -0.05) is 18.2 Å². The second kappa shape index (κ2) is 6.31. The number of fused-ring (bicyclic) bond motifs is 1. The molecule has 0 aliphatic carbocycles. The van der Waals surface area contributed by atoms with Gasteiger partial charge in [0.25, 0.3) is 10.2 Å². The van der Waals surface area contributed by atoms with Crippen LogP contribution in [-0.2, 0) is 26.3 Å². The van der Waals surface area contributed by atoms with Crippen molar-refractivity contribution in [1.29, 1.82) is 0 Å². The van der Waals surface area contributed by atoms with Crippen LogP contribution in [0.15, 0.2) is 24.3 Å². The van der Waals surface area contributed by atoms with Gasteiger partial charge in [0.15, 0.2) is 0 Å². The van der Waals surface area contributed by atoms with Crippen molar-refractivity contribution in [2.45, 2.75) is 6.54 Å². The maximum absolute atomic E-state index is 12.1. The van der Waals surface area contributed by atoms with E-state index in [4.69, 9.17) is 4.74 Å². The molecule has 1 aliphatic rings. The number of nitrogens with zero attached hydrogens (tertiary/aromatic N) is 1. The summed E-state index contributed by atoms with van der Waals surface area (Å²) in [5.74, 6) is -0.355. The van der Waals surface area contributed by atoms with Gasteiger partial charge in [0.1, 0.15) is 0 Å². The highest BCUT2D eigenvalue weighted by Gasteiger charge is 2.27. The van der Waals surface area contributed by atoms with Crippen LogP contribution in [0.25, 0.3) is 0 Å². The first kappa shape index (κ1) is 14.9. The largest absolute Gasteiger partial charge is 0.383 e. The summed E-state index contributed by atoms with van der Waals surface area (Å²) in [6, 6.07) is 7.14. The number of benzene rings is 1. The standard InChI is InChI=1S/C12H17N3O4S/c1-19-7-6-13-20(17,18)15-8-10-4-2-3-5-11(10)14-12(16)9-15/h2-5,13H,6-9H2,1H3,(H,14,16). The maximum atomic E-state index is 12.1. The van der Waals surface area contributed by atoms with Crippen LogP contribution in [0, 0.1) is 0 Å². The molecule has 20 heavy (non-hydrogen) atoms. The molecule has 2 N–H and O–H groups in total. The lowest BCUT2D eigenvalue weighted by molar-refractivity contribution is -0.116. The lowest BCUT2D eigenvalue weighted by atomic mass is 10.2. The van der Waals surface area contributed by atoms with Gasteiger partial charge in [-0.25, -0.2) is 0 Å². The van der Waals surface area contributed by atoms with Gasteiger partial charge in [-0.2, -0.15) is 17.4 Å². The van der Waals surface area contributed by atoms with Gasteiger partial charge in [0.05, 0.1) is 13.2 Å². The molecule has 0 spiro atoms. The van der Waals surface area contributed by atoms with Crippen molar-refractivity contribution in [3.05, 3.63) is 29.8 Å². The first-order chi connectivity index (χ1) is 9.53. The number of carbonyl (C=O) groups excluding carboxylic acids is 1. The molecular formula is C12H17N3O4S. The van der Waals surface area contributed by atoms with E-state index in [1.165, 1.54) is 7.11 Å². The maximum Gasteiger partial charge on any atom is 0.280 e. The Balaban J connectivity index is 2.18. The van der Waals surface area contributed by atoms with Crippen LogP contribution in [0.5, 0.6) is 0 Å². The Morgan fingerprint density at radius 1 is 1.35 bits per heavy atom. The second-order valence-electron chi connectivity index (χ2n) is 4.37. The number of ether oxygens (including phenoxy) is 1. The van der Waals surface area contributed by atoms with E-state index in [0.29, 0.717) is 5.69 Å². The van der Waals surface area contributed by atoms with Crippen LogP contribution < -0.4 is 10.0 Å². The summed E-state index contributed by atoms with van der Waals surface area (Å²) in [6.07, 6.45) is 0. The van der Waals surface area contributed by atoms with Gasteiger partial charge in [-0.15, -0.1) is 0 Å². The number of rotatable bonds is 5. The third-order valence-electron chi connectivity index (χ3n) is 2.89. The molecule has 0 unspecified atom stereocenters. The molecule has 1 aliphatic heterocycles. The fraction of sp³-hybridized carbons (Fsp3) is 0.417. The van der Waals surface area contributed by atoms with Crippen LogP contribution in [0.2, 0.25) is 0 Å². The normalized spacial score (nSPS) is 16.4. The van der Waals surface area contributed by atoms with Crippen LogP contribution in [-0.4, -0.2) is 45.4 Å². The highest BCUT2D eigenvalue weighted by atomic mass is 32.2. The van der Waals surface area contributed by atoms with Crippen LogP contribution in [0.4, 0.5) is 5.69 Å². The summed E-state index contributed by atoms with van der Waals surface area (Å²) in [5, 5.41) is 2.69. The molecule has 110 valence electrons. The third kappa shape index (κ3) is 3.54. The summed E-state index contributed by atoms with van der Waals surface area (Å²) in [4.78, 5) is 11.8. The van der Waals surface area contributed by atoms with E-state index in [0.717, 1.165) is 9.87 Å². The van der Waals surface area contributed by atoms with E-state index < -0.39 is 10.2 Å². The van der Waals surface area contributed by atoms with Crippen molar-refractivity contribution in [2.24, 2.45) is 0 Å². The molecule has 1 aromatic carbocycles. The van der Waals surface area contributed by atoms with E-state index >= 15 is 0 Å². The number of methoxy groups -OCH3 is 1. The molecule has 0 atom stereocenters. The van der Waals surface area contributed by atoms with Gasteiger partial charge >= 0.3 is 0 Å². The van der Waals surface area contributed by atoms with Crippen LogP contribution in [0.1, 0.15) is 5.56 Å². The van der Waals surface area contributed by atoms with Gasteiger partial charge in [0, 0.05) is 25.9 Å². The van der Waals surface area contributed by atoms with Gasteiger partial charge in [-0.3, -0.25) is 4.79 Å². The third-order valence-corrected chi connectivity index (χ3v) is 4.40. The van der Waals surface area contributed by atoms with Crippen LogP contribution >= 0.6 is 0 Å². The lowest BCUT2D eigenvalue weighted by Gasteiger charge is -2.19. The quantitative estimate of drug-likeness (QED) is 0.745. The minimum Gasteiger partial charge on any atom is -0.383 e. The number of amides is 1. The SMILES string of the molecule is COCCNS(=O)(=O)N1CC(=O)Nc2ccccc2C1. The van der Waals surface area contributed by atoms with Gasteiger partial charge in [0.2, 0.25) is 5.91 Å². The summed E-state index contributed by atoms with van der Waals surface area (Å²) in [5.41, 5.74) is 1.41. The topological polar surface area (TPSA) is 87.7 Å². The van der Waals surface area contributed by atoms with E-state index in [-0.39, 0.29) is 32.1 Å². The fourth-order valence-electron chi connectivity index (χ4n) is 1.91. The van der Waals surface area contributed by atoms with E-state index in [9.17, 15) is 13.2 Å². The summed E-state index contributed by atoms with van der Waals surface area (Å²) in [6.45, 7) is 0.378. The number of anilines is 1. The molecule has 8 heteroatoms. The van der Waals surface area contributed by atoms with Crippen molar-refractivity contribution in [1.82, 2.24) is 9.03 Å². The molecule has 1 heterocycles. The highest BCUT2D eigenvalue weighted by Crippen LogP contribution is 2.21. The monoisotopic (exact) mass is 299 g/mol. The van der Waals surface area contributed by atoms with Crippen molar-refractivity contribution in [2.75, 3.05) is 32.1 Å². The Morgan fingerprint density at radius 3 is 2.85 bits per heavy atom. The first-order valence-electron chi connectivity index (χ1n) is 6.14. The summed E-state index contributed by atoms with van der Waals surface area (Å²) in [7, 11) is -2.22. The second-order valence-corrected chi connectivity index (χ2v) is 6.12. The molecule has 0 saturated heterocycles. The molecule has 7 nitrogen and oxygen atoms in total. The summed E-state index contributed by atoms with van der Waals surface area (Å²) < 4.78 is 32.6. The highest BCUT2D eigenvalue weighted by molar-refractivity contribution is 7.87. The Labute approximate surface area is 118 Å².